The standard InChI is InChI=1S/C14H21FN2O/c1-9-7-17(8-10(2)18-9)14-12(11(3)16)5-4-6-13(14)15/h4-6,9-11H,7-8,16H2,1-3H3. The number of anilines is 1. The molecule has 100 valence electrons. The summed E-state index contributed by atoms with van der Waals surface area (Å²) < 4.78 is 19.8. The zero-order chi connectivity index (χ0) is 13.3. The summed E-state index contributed by atoms with van der Waals surface area (Å²) in [7, 11) is 0. The van der Waals surface area contributed by atoms with E-state index in [4.69, 9.17) is 10.5 Å². The third kappa shape index (κ3) is 2.65. The number of halogens is 1. The lowest BCUT2D eigenvalue weighted by molar-refractivity contribution is -0.00545. The minimum Gasteiger partial charge on any atom is -0.372 e. The lowest BCUT2D eigenvalue weighted by atomic mass is 10.0. The molecular weight excluding hydrogens is 231 g/mol. The number of morpholine rings is 1. The van der Waals surface area contributed by atoms with Crippen LogP contribution in [-0.4, -0.2) is 25.3 Å². The highest BCUT2D eigenvalue weighted by atomic mass is 19.1. The van der Waals surface area contributed by atoms with Crippen LogP contribution in [0.2, 0.25) is 0 Å². The molecule has 4 heteroatoms. The molecule has 3 nitrogen and oxygen atoms in total. The molecule has 2 N–H and O–H groups in total. The van der Waals surface area contributed by atoms with Crippen molar-refractivity contribution in [2.24, 2.45) is 5.73 Å². The van der Waals surface area contributed by atoms with Crippen molar-refractivity contribution >= 4 is 5.69 Å². The van der Waals surface area contributed by atoms with E-state index < -0.39 is 0 Å². The summed E-state index contributed by atoms with van der Waals surface area (Å²) in [6.45, 7) is 7.30. The molecule has 3 atom stereocenters. The van der Waals surface area contributed by atoms with Crippen LogP contribution >= 0.6 is 0 Å². The Bertz CT molecular complexity index is 412. The van der Waals surface area contributed by atoms with Crippen molar-refractivity contribution in [1.29, 1.82) is 0 Å². The van der Waals surface area contributed by atoms with Gasteiger partial charge in [0.25, 0.3) is 0 Å². The molecule has 1 aromatic rings. The summed E-state index contributed by atoms with van der Waals surface area (Å²) in [5.41, 5.74) is 7.43. The number of nitrogens with two attached hydrogens (primary N) is 1. The van der Waals surface area contributed by atoms with Crippen molar-refractivity contribution in [2.45, 2.75) is 39.0 Å². The molecule has 0 amide bonds. The van der Waals surface area contributed by atoms with Gasteiger partial charge in [-0.3, -0.25) is 0 Å². The third-order valence-corrected chi connectivity index (χ3v) is 3.24. The molecule has 1 saturated heterocycles. The molecule has 0 aromatic heterocycles. The number of hydrogen-bond acceptors (Lipinski definition) is 3. The highest BCUT2D eigenvalue weighted by molar-refractivity contribution is 5.56. The zero-order valence-electron chi connectivity index (χ0n) is 11.2. The summed E-state index contributed by atoms with van der Waals surface area (Å²) in [5, 5.41) is 0. The van der Waals surface area contributed by atoms with E-state index in [1.165, 1.54) is 6.07 Å². The highest BCUT2D eigenvalue weighted by Gasteiger charge is 2.26. The number of hydrogen-bond donors (Lipinski definition) is 1. The number of rotatable bonds is 2. The van der Waals surface area contributed by atoms with E-state index in [-0.39, 0.29) is 24.1 Å². The van der Waals surface area contributed by atoms with Gasteiger partial charge in [0, 0.05) is 19.1 Å². The van der Waals surface area contributed by atoms with Crippen molar-refractivity contribution in [3.63, 3.8) is 0 Å². The third-order valence-electron chi connectivity index (χ3n) is 3.24. The maximum atomic E-state index is 14.1. The molecule has 1 aliphatic heterocycles. The van der Waals surface area contributed by atoms with Crippen molar-refractivity contribution in [3.8, 4) is 0 Å². The fourth-order valence-electron chi connectivity index (χ4n) is 2.59. The molecule has 0 aliphatic carbocycles. The zero-order valence-corrected chi connectivity index (χ0v) is 11.2. The Kier molecular flexibility index (Phi) is 3.88. The molecular formula is C14H21FN2O. The first kappa shape index (κ1) is 13.3. The van der Waals surface area contributed by atoms with Gasteiger partial charge in [0.1, 0.15) is 5.82 Å². The van der Waals surface area contributed by atoms with Crippen molar-refractivity contribution in [2.75, 3.05) is 18.0 Å². The summed E-state index contributed by atoms with van der Waals surface area (Å²) in [6, 6.07) is 4.93. The van der Waals surface area contributed by atoms with Gasteiger partial charge in [-0.1, -0.05) is 12.1 Å². The second-order valence-corrected chi connectivity index (χ2v) is 5.13. The van der Waals surface area contributed by atoms with Gasteiger partial charge in [-0.2, -0.15) is 0 Å². The average Bonchev–Trinajstić information content (AvgIpc) is 2.26. The van der Waals surface area contributed by atoms with Gasteiger partial charge in [-0.15, -0.1) is 0 Å². The van der Waals surface area contributed by atoms with E-state index in [1.807, 2.05) is 31.7 Å². The van der Waals surface area contributed by atoms with Gasteiger partial charge in [0.15, 0.2) is 0 Å². The Hall–Kier alpha value is -1.13. The van der Waals surface area contributed by atoms with Crippen molar-refractivity contribution in [3.05, 3.63) is 29.6 Å². The van der Waals surface area contributed by atoms with E-state index >= 15 is 0 Å². The summed E-state index contributed by atoms with van der Waals surface area (Å²) in [4.78, 5) is 2.05. The Balaban J connectivity index is 2.37. The molecule has 0 saturated carbocycles. The van der Waals surface area contributed by atoms with Crippen molar-refractivity contribution < 1.29 is 9.13 Å². The van der Waals surface area contributed by atoms with Gasteiger partial charge in [-0.25, -0.2) is 4.39 Å². The van der Waals surface area contributed by atoms with Crippen LogP contribution in [0.3, 0.4) is 0 Å². The SMILES string of the molecule is CC1CN(c2c(F)cccc2C(C)N)CC(C)O1. The van der Waals surface area contributed by atoms with Crippen LogP contribution in [0.5, 0.6) is 0 Å². The molecule has 1 aliphatic rings. The Morgan fingerprint density at radius 3 is 2.50 bits per heavy atom. The fraction of sp³-hybridized carbons (Fsp3) is 0.571. The number of para-hydroxylation sites is 1. The monoisotopic (exact) mass is 252 g/mol. The second-order valence-electron chi connectivity index (χ2n) is 5.13. The van der Waals surface area contributed by atoms with Gasteiger partial charge in [0.05, 0.1) is 17.9 Å². The maximum Gasteiger partial charge on any atom is 0.146 e. The van der Waals surface area contributed by atoms with Crippen LogP contribution in [0.25, 0.3) is 0 Å². The predicted octanol–water partition coefficient (Wildman–Crippen LogP) is 2.46. The first-order valence-electron chi connectivity index (χ1n) is 6.43. The van der Waals surface area contributed by atoms with Crippen molar-refractivity contribution in [1.82, 2.24) is 0 Å². The first-order valence-corrected chi connectivity index (χ1v) is 6.43. The van der Waals surface area contributed by atoms with E-state index in [0.717, 1.165) is 5.56 Å². The molecule has 1 heterocycles. The quantitative estimate of drug-likeness (QED) is 0.878. The average molecular weight is 252 g/mol. The smallest absolute Gasteiger partial charge is 0.146 e. The topological polar surface area (TPSA) is 38.5 Å². The minimum absolute atomic E-state index is 0.106. The highest BCUT2D eigenvalue weighted by Crippen LogP contribution is 2.30. The van der Waals surface area contributed by atoms with Gasteiger partial charge >= 0.3 is 0 Å². The van der Waals surface area contributed by atoms with E-state index in [1.54, 1.807) is 6.07 Å². The Labute approximate surface area is 108 Å². The van der Waals surface area contributed by atoms with Crippen LogP contribution in [-0.2, 0) is 4.74 Å². The number of ether oxygens (including phenoxy) is 1. The van der Waals surface area contributed by atoms with Gasteiger partial charge in [0.2, 0.25) is 0 Å². The van der Waals surface area contributed by atoms with Crippen LogP contribution < -0.4 is 10.6 Å². The second kappa shape index (κ2) is 5.24. The van der Waals surface area contributed by atoms with Crippen LogP contribution in [0, 0.1) is 5.82 Å². The van der Waals surface area contributed by atoms with Gasteiger partial charge in [-0.05, 0) is 32.4 Å². The molecule has 2 rings (SSSR count). The minimum atomic E-state index is -0.203. The molecule has 1 aromatic carbocycles. The largest absolute Gasteiger partial charge is 0.372 e. The first-order chi connectivity index (χ1) is 8.49. The van der Waals surface area contributed by atoms with E-state index in [9.17, 15) is 4.39 Å². The fourth-order valence-corrected chi connectivity index (χ4v) is 2.59. The molecule has 3 unspecified atom stereocenters. The summed E-state index contributed by atoms with van der Waals surface area (Å²) >= 11 is 0. The van der Waals surface area contributed by atoms with Crippen LogP contribution in [0.4, 0.5) is 10.1 Å². The number of nitrogens with zero attached hydrogens (tertiary/aromatic N) is 1. The number of benzene rings is 1. The predicted molar refractivity (Wildman–Crippen MR) is 71.2 cm³/mol. The Morgan fingerprint density at radius 1 is 1.33 bits per heavy atom. The summed E-state index contributed by atoms with van der Waals surface area (Å²) in [6.07, 6.45) is 0.212. The molecule has 0 radical (unpaired) electrons. The van der Waals surface area contributed by atoms with E-state index in [0.29, 0.717) is 18.8 Å². The van der Waals surface area contributed by atoms with Gasteiger partial charge < -0.3 is 15.4 Å². The van der Waals surface area contributed by atoms with Crippen LogP contribution in [0.1, 0.15) is 32.4 Å². The van der Waals surface area contributed by atoms with E-state index in [2.05, 4.69) is 0 Å². The molecule has 1 fully saturated rings. The lowest BCUT2D eigenvalue weighted by Crippen LogP contribution is -2.46. The maximum absolute atomic E-state index is 14.1. The Morgan fingerprint density at radius 2 is 1.94 bits per heavy atom. The van der Waals surface area contributed by atoms with Crippen LogP contribution in [0.15, 0.2) is 18.2 Å². The molecule has 0 bridgehead atoms. The lowest BCUT2D eigenvalue weighted by Gasteiger charge is -2.38. The summed E-state index contributed by atoms with van der Waals surface area (Å²) in [5.74, 6) is -0.203. The normalized spacial score (nSPS) is 26.2. The molecule has 0 spiro atoms. The molecule has 18 heavy (non-hydrogen) atoms.